The first kappa shape index (κ1) is 11.2. The number of aryl methyl sites for hydroxylation is 1. The first-order valence-electron chi connectivity index (χ1n) is 5.11. The van der Waals surface area contributed by atoms with Gasteiger partial charge in [0.15, 0.2) is 0 Å². The lowest BCUT2D eigenvalue weighted by molar-refractivity contribution is 0.268. The maximum Gasteiger partial charge on any atom is 0.0534 e. The molecule has 0 bridgehead atoms. The van der Waals surface area contributed by atoms with Crippen LogP contribution in [0.3, 0.4) is 0 Å². The molecule has 4 nitrogen and oxygen atoms in total. The summed E-state index contributed by atoms with van der Waals surface area (Å²) in [5.74, 6) is 0. The average Bonchev–Trinajstić information content (AvgIpc) is 2.63. The van der Waals surface area contributed by atoms with E-state index in [1.165, 1.54) is 5.56 Å². The molecule has 0 spiro atoms. The largest absolute Gasteiger partial charge is 0.396 e. The fraction of sp³-hybridized carbons (Fsp3) is 0.700. The summed E-state index contributed by atoms with van der Waals surface area (Å²) >= 11 is 0. The Bertz CT molecular complexity index is 260. The minimum atomic E-state index is 0.238. The van der Waals surface area contributed by atoms with Gasteiger partial charge in [-0.3, -0.25) is 4.68 Å². The summed E-state index contributed by atoms with van der Waals surface area (Å²) in [4.78, 5) is 0. The van der Waals surface area contributed by atoms with Gasteiger partial charge in [0.25, 0.3) is 0 Å². The summed E-state index contributed by atoms with van der Waals surface area (Å²) < 4.78 is 1.91. The van der Waals surface area contributed by atoms with Crippen LogP contribution in [0.1, 0.15) is 25.8 Å². The third kappa shape index (κ3) is 3.47. The molecule has 0 amide bonds. The van der Waals surface area contributed by atoms with Gasteiger partial charge in [0.05, 0.1) is 6.20 Å². The SMILES string of the molecule is CCn1cc(CN[C@H](C)CCO)cn1. The fourth-order valence-corrected chi connectivity index (χ4v) is 1.26. The Labute approximate surface area is 84.9 Å². The van der Waals surface area contributed by atoms with E-state index in [0.29, 0.717) is 6.04 Å². The summed E-state index contributed by atoms with van der Waals surface area (Å²) in [7, 11) is 0. The van der Waals surface area contributed by atoms with Crippen LogP contribution in [0.5, 0.6) is 0 Å². The lowest BCUT2D eigenvalue weighted by Gasteiger charge is -2.10. The van der Waals surface area contributed by atoms with Crippen LogP contribution in [0.4, 0.5) is 0 Å². The molecule has 2 N–H and O–H groups in total. The minimum absolute atomic E-state index is 0.238. The molecule has 1 atom stereocenters. The number of aromatic nitrogens is 2. The molecule has 0 saturated heterocycles. The number of rotatable bonds is 6. The lowest BCUT2D eigenvalue weighted by Crippen LogP contribution is -2.26. The van der Waals surface area contributed by atoms with Gasteiger partial charge >= 0.3 is 0 Å². The quantitative estimate of drug-likeness (QED) is 0.708. The van der Waals surface area contributed by atoms with Gasteiger partial charge in [-0.1, -0.05) is 0 Å². The zero-order valence-electron chi connectivity index (χ0n) is 8.90. The van der Waals surface area contributed by atoms with Gasteiger partial charge in [-0.2, -0.15) is 5.10 Å². The van der Waals surface area contributed by atoms with Crippen LogP contribution < -0.4 is 5.32 Å². The van der Waals surface area contributed by atoms with E-state index in [2.05, 4.69) is 24.3 Å². The summed E-state index contributed by atoms with van der Waals surface area (Å²) in [5, 5.41) is 16.2. The van der Waals surface area contributed by atoms with Crippen molar-refractivity contribution in [1.29, 1.82) is 0 Å². The summed E-state index contributed by atoms with van der Waals surface area (Å²) in [6.45, 7) is 6.11. The Hall–Kier alpha value is -0.870. The Kier molecular flexibility index (Phi) is 4.62. The molecule has 0 fully saturated rings. The molecular weight excluding hydrogens is 178 g/mol. The standard InChI is InChI=1S/C10H19N3O/c1-3-13-8-10(7-12-13)6-11-9(2)4-5-14/h7-9,11,14H,3-6H2,1-2H3/t9-/m1/s1. The zero-order valence-corrected chi connectivity index (χ0v) is 8.90. The highest BCUT2D eigenvalue weighted by Gasteiger charge is 2.01. The van der Waals surface area contributed by atoms with Gasteiger partial charge in [-0.15, -0.1) is 0 Å². The molecule has 0 aliphatic heterocycles. The van der Waals surface area contributed by atoms with Gasteiger partial charge in [-0.05, 0) is 20.3 Å². The average molecular weight is 197 g/mol. The van der Waals surface area contributed by atoms with Gasteiger partial charge in [0.2, 0.25) is 0 Å². The van der Waals surface area contributed by atoms with E-state index < -0.39 is 0 Å². The number of hydrogen-bond donors (Lipinski definition) is 2. The Morgan fingerprint density at radius 1 is 1.64 bits per heavy atom. The highest BCUT2D eigenvalue weighted by molar-refractivity contribution is 5.03. The lowest BCUT2D eigenvalue weighted by atomic mass is 10.2. The Morgan fingerprint density at radius 3 is 3.00 bits per heavy atom. The monoisotopic (exact) mass is 197 g/mol. The third-order valence-electron chi connectivity index (χ3n) is 2.23. The van der Waals surface area contributed by atoms with Crippen molar-refractivity contribution in [3.63, 3.8) is 0 Å². The maximum atomic E-state index is 8.72. The van der Waals surface area contributed by atoms with Crippen LogP contribution >= 0.6 is 0 Å². The molecule has 0 aliphatic carbocycles. The normalized spacial score (nSPS) is 13.1. The van der Waals surface area contributed by atoms with Gasteiger partial charge in [-0.25, -0.2) is 0 Å². The van der Waals surface area contributed by atoms with E-state index in [1.54, 1.807) is 0 Å². The van der Waals surface area contributed by atoms with Crippen LogP contribution in [0, 0.1) is 0 Å². The predicted octanol–water partition coefficient (Wildman–Crippen LogP) is 0.763. The van der Waals surface area contributed by atoms with Gasteiger partial charge in [0.1, 0.15) is 0 Å². The van der Waals surface area contributed by atoms with Crippen LogP contribution in [0.25, 0.3) is 0 Å². The predicted molar refractivity (Wildman–Crippen MR) is 55.9 cm³/mol. The van der Waals surface area contributed by atoms with E-state index in [9.17, 15) is 0 Å². The van der Waals surface area contributed by atoms with Crippen molar-refractivity contribution >= 4 is 0 Å². The second kappa shape index (κ2) is 5.78. The van der Waals surface area contributed by atoms with Crippen molar-refractivity contribution in [2.45, 2.75) is 39.4 Å². The topological polar surface area (TPSA) is 50.1 Å². The van der Waals surface area contributed by atoms with Crippen molar-refractivity contribution in [2.24, 2.45) is 0 Å². The summed E-state index contributed by atoms with van der Waals surface area (Å²) in [5.41, 5.74) is 1.19. The van der Waals surface area contributed by atoms with Crippen molar-refractivity contribution in [3.05, 3.63) is 18.0 Å². The molecule has 1 rings (SSSR count). The van der Waals surface area contributed by atoms with Crippen molar-refractivity contribution in [1.82, 2.24) is 15.1 Å². The number of aliphatic hydroxyl groups excluding tert-OH is 1. The molecule has 0 aliphatic rings. The van der Waals surface area contributed by atoms with E-state index in [1.807, 2.05) is 17.1 Å². The van der Waals surface area contributed by atoms with Gasteiger partial charge in [0, 0.05) is 37.5 Å². The second-order valence-corrected chi connectivity index (χ2v) is 3.50. The molecule has 0 radical (unpaired) electrons. The van der Waals surface area contributed by atoms with Crippen LogP contribution in [0.15, 0.2) is 12.4 Å². The van der Waals surface area contributed by atoms with E-state index >= 15 is 0 Å². The van der Waals surface area contributed by atoms with E-state index in [-0.39, 0.29) is 6.61 Å². The summed E-state index contributed by atoms with van der Waals surface area (Å²) in [6.07, 6.45) is 4.71. The molecule has 1 aromatic heterocycles. The van der Waals surface area contributed by atoms with E-state index in [4.69, 9.17) is 5.11 Å². The molecule has 4 heteroatoms. The van der Waals surface area contributed by atoms with E-state index in [0.717, 1.165) is 19.5 Å². The maximum absolute atomic E-state index is 8.72. The summed E-state index contributed by atoms with van der Waals surface area (Å²) in [6, 6.07) is 0.352. The van der Waals surface area contributed by atoms with Crippen molar-refractivity contribution in [2.75, 3.05) is 6.61 Å². The number of aliphatic hydroxyl groups is 1. The number of hydrogen-bond acceptors (Lipinski definition) is 3. The van der Waals surface area contributed by atoms with Crippen molar-refractivity contribution in [3.8, 4) is 0 Å². The fourth-order valence-electron chi connectivity index (χ4n) is 1.26. The highest BCUT2D eigenvalue weighted by atomic mass is 16.3. The molecule has 0 unspecified atom stereocenters. The molecular formula is C10H19N3O. The third-order valence-corrected chi connectivity index (χ3v) is 2.23. The second-order valence-electron chi connectivity index (χ2n) is 3.50. The van der Waals surface area contributed by atoms with Crippen LogP contribution in [0.2, 0.25) is 0 Å². The molecule has 14 heavy (non-hydrogen) atoms. The molecule has 0 aromatic carbocycles. The minimum Gasteiger partial charge on any atom is -0.396 e. The molecule has 80 valence electrons. The first-order chi connectivity index (χ1) is 6.76. The van der Waals surface area contributed by atoms with Crippen LogP contribution in [-0.4, -0.2) is 27.5 Å². The number of nitrogens with zero attached hydrogens (tertiary/aromatic N) is 2. The molecule has 1 aromatic rings. The van der Waals surface area contributed by atoms with Gasteiger partial charge < -0.3 is 10.4 Å². The zero-order chi connectivity index (χ0) is 10.4. The van der Waals surface area contributed by atoms with Crippen LogP contribution in [-0.2, 0) is 13.1 Å². The Morgan fingerprint density at radius 2 is 2.43 bits per heavy atom. The Balaban J connectivity index is 2.30. The van der Waals surface area contributed by atoms with Crippen molar-refractivity contribution < 1.29 is 5.11 Å². The molecule has 0 saturated carbocycles. The number of nitrogens with one attached hydrogen (secondary N) is 1. The first-order valence-corrected chi connectivity index (χ1v) is 5.11. The smallest absolute Gasteiger partial charge is 0.0534 e. The molecule has 1 heterocycles. The highest BCUT2D eigenvalue weighted by Crippen LogP contribution is 1.98.